The van der Waals surface area contributed by atoms with Gasteiger partial charge < -0.3 is 4.90 Å². The van der Waals surface area contributed by atoms with E-state index >= 15 is 0 Å². The molecule has 1 aliphatic carbocycles. The molecule has 0 radical (unpaired) electrons. The van der Waals surface area contributed by atoms with Crippen molar-refractivity contribution in [3.05, 3.63) is 65.5 Å². The van der Waals surface area contributed by atoms with Gasteiger partial charge in [0.1, 0.15) is 11.9 Å². The molecule has 2 aromatic rings. The fourth-order valence-electron chi connectivity index (χ4n) is 3.45. The van der Waals surface area contributed by atoms with Gasteiger partial charge in [0.15, 0.2) is 0 Å². The molecule has 4 rings (SSSR count). The predicted octanol–water partition coefficient (Wildman–Crippen LogP) is 2.63. The summed E-state index contributed by atoms with van der Waals surface area (Å²) in [6.07, 6.45) is 1.44. The maximum Gasteiger partial charge on any atom is 0.257 e. The van der Waals surface area contributed by atoms with Crippen LogP contribution in [-0.4, -0.2) is 34.7 Å². The highest BCUT2D eigenvalue weighted by Gasteiger charge is 2.48. The third-order valence-electron chi connectivity index (χ3n) is 4.98. The minimum absolute atomic E-state index is 0.0950. The molecule has 140 valence electrons. The maximum atomic E-state index is 13.2. The number of carbonyl (C=O) groups excluding carboxylic acids is 3. The monoisotopic (exact) mass is 377 g/mol. The lowest BCUT2D eigenvalue weighted by Gasteiger charge is -2.27. The lowest BCUT2D eigenvalue weighted by molar-refractivity contribution is -0.122. The molecule has 0 aromatic heterocycles. The second-order valence-corrected chi connectivity index (χ2v) is 6.90. The summed E-state index contributed by atoms with van der Waals surface area (Å²) in [6.45, 7) is 0. The van der Waals surface area contributed by atoms with E-state index in [1.807, 2.05) is 6.07 Å². The molecule has 1 saturated heterocycles. The Morgan fingerprint density at radius 2 is 1.71 bits per heavy atom. The van der Waals surface area contributed by atoms with Gasteiger partial charge in [0.25, 0.3) is 11.8 Å². The zero-order valence-electron chi connectivity index (χ0n) is 14.8. The Morgan fingerprint density at radius 1 is 1.07 bits per heavy atom. The molecule has 2 fully saturated rings. The minimum atomic E-state index is -0.881. The summed E-state index contributed by atoms with van der Waals surface area (Å²) in [7, 11) is 0. The first-order valence-electron chi connectivity index (χ1n) is 8.95. The second kappa shape index (κ2) is 6.89. The fourth-order valence-corrected chi connectivity index (χ4v) is 3.45. The molecule has 28 heavy (non-hydrogen) atoms. The molecule has 7 heteroatoms. The van der Waals surface area contributed by atoms with Crippen LogP contribution in [0.4, 0.5) is 10.1 Å². The Hall–Kier alpha value is -3.53. The highest BCUT2D eigenvalue weighted by atomic mass is 19.1. The van der Waals surface area contributed by atoms with Crippen LogP contribution in [0.15, 0.2) is 48.5 Å². The van der Waals surface area contributed by atoms with E-state index < -0.39 is 23.7 Å². The number of nitrogens with zero attached hydrogens (tertiary/aromatic N) is 3. The van der Waals surface area contributed by atoms with Crippen LogP contribution in [0.1, 0.15) is 35.2 Å². The first kappa shape index (κ1) is 17.9. The van der Waals surface area contributed by atoms with Crippen LogP contribution in [0.25, 0.3) is 0 Å². The van der Waals surface area contributed by atoms with Gasteiger partial charge in [0.05, 0.1) is 23.7 Å². The number of anilines is 1. The number of amides is 3. The molecule has 1 unspecified atom stereocenters. The number of hydrogen-bond donors (Lipinski definition) is 0. The zero-order valence-corrected chi connectivity index (χ0v) is 14.8. The Bertz CT molecular complexity index is 991. The number of rotatable bonds is 4. The van der Waals surface area contributed by atoms with E-state index in [-0.39, 0.29) is 23.9 Å². The summed E-state index contributed by atoms with van der Waals surface area (Å²) in [5, 5.41) is 8.90. The summed E-state index contributed by atoms with van der Waals surface area (Å²) in [5.41, 5.74) is 1.08. The van der Waals surface area contributed by atoms with Crippen molar-refractivity contribution in [2.24, 2.45) is 0 Å². The smallest absolute Gasteiger partial charge is 0.257 e. The summed E-state index contributed by atoms with van der Waals surface area (Å²) in [6, 6.07) is 12.3. The van der Waals surface area contributed by atoms with Gasteiger partial charge in [0.2, 0.25) is 5.91 Å². The molecule has 0 spiro atoms. The standard InChI is InChI=1S/C21H16FN3O3/c22-15-5-3-14(4-6-15)20(27)24(16-9-10-16)18-11-19(26)25(21(18)28)17-7-1-13(12-23)2-8-17/h1-8,16,18H,9-11H2. The minimum Gasteiger partial charge on any atom is -0.323 e. The summed E-state index contributed by atoms with van der Waals surface area (Å²) in [5.74, 6) is -1.68. The van der Waals surface area contributed by atoms with Gasteiger partial charge in [-0.25, -0.2) is 9.29 Å². The van der Waals surface area contributed by atoms with Gasteiger partial charge in [-0.05, 0) is 61.4 Å². The van der Waals surface area contributed by atoms with Crippen molar-refractivity contribution in [3.63, 3.8) is 0 Å². The number of hydrogen-bond acceptors (Lipinski definition) is 4. The van der Waals surface area contributed by atoms with E-state index in [0.29, 0.717) is 11.3 Å². The zero-order chi connectivity index (χ0) is 19.8. The van der Waals surface area contributed by atoms with Crippen LogP contribution < -0.4 is 4.90 Å². The topological polar surface area (TPSA) is 81.5 Å². The van der Waals surface area contributed by atoms with E-state index in [2.05, 4.69) is 0 Å². The summed E-state index contributed by atoms with van der Waals surface area (Å²) < 4.78 is 13.2. The summed E-state index contributed by atoms with van der Waals surface area (Å²) >= 11 is 0. The predicted molar refractivity (Wildman–Crippen MR) is 97.6 cm³/mol. The Labute approximate surface area is 160 Å². The van der Waals surface area contributed by atoms with Gasteiger partial charge in [-0.1, -0.05) is 0 Å². The average molecular weight is 377 g/mol. The van der Waals surface area contributed by atoms with Gasteiger partial charge in [0, 0.05) is 11.6 Å². The maximum absolute atomic E-state index is 13.2. The molecule has 1 saturated carbocycles. The number of benzene rings is 2. The van der Waals surface area contributed by atoms with Crippen LogP contribution in [0, 0.1) is 17.1 Å². The number of imide groups is 1. The van der Waals surface area contributed by atoms with E-state index in [0.717, 1.165) is 17.7 Å². The lowest BCUT2D eigenvalue weighted by atomic mass is 10.1. The van der Waals surface area contributed by atoms with E-state index in [4.69, 9.17) is 5.26 Å². The third kappa shape index (κ3) is 3.14. The van der Waals surface area contributed by atoms with Crippen LogP contribution in [0.3, 0.4) is 0 Å². The quantitative estimate of drug-likeness (QED) is 0.767. The first-order chi connectivity index (χ1) is 13.5. The molecular formula is C21H16FN3O3. The third-order valence-corrected chi connectivity index (χ3v) is 4.98. The lowest BCUT2D eigenvalue weighted by Crippen LogP contribution is -2.46. The normalized spacial score (nSPS) is 18.9. The molecule has 2 aromatic carbocycles. The Kier molecular flexibility index (Phi) is 4.40. The van der Waals surface area contributed by atoms with Crippen molar-refractivity contribution in [3.8, 4) is 6.07 Å². The number of carbonyl (C=O) groups is 3. The van der Waals surface area contributed by atoms with Gasteiger partial charge in [-0.15, -0.1) is 0 Å². The van der Waals surface area contributed by atoms with Crippen molar-refractivity contribution in [1.82, 2.24) is 4.90 Å². The van der Waals surface area contributed by atoms with E-state index in [1.54, 1.807) is 12.1 Å². The molecule has 1 atom stereocenters. The van der Waals surface area contributed by atoms with Crippen LogP contribution in [0.2, 0.25) is 0 Å². The van der Waals surface area contributed by atoms with Crippen molar-refractivity contribution in [1.29, 1.82) is 5.26 Å². The van der Waals surface area contributed by atoms with Crippen molar-refractivity contribution in [2.75, 3.05) is 4.90 Å². The first-order valence-corrected chi connectivity index (χ1v) is 8.95. The van der Waals surface area contributed by atoms with Gasteiger partial charge in [-0.3, -0.25) is 14.4 Å². The van der Waals surface area contributed by atoms with E-state index in [1.165, 1.54) is 41.3 Å². The van der Waals surface area contributed by atoms with Crippen LogP contribution >= 0.6 is 0 Å². The van der Waals surface area contributed by atoms with Crippen molar-refractivity contribution in [2.45, 2.75) is 31.3 Å². The molecule has 1 heterocycles. The number of halogens is 1. The molecule has 0 N–H and O–H groups in total. The van der Waals surface area contributed by atoms with Crippen molar-refractivity contribution >= 4 is 23.4 Å². The molecular weight excluding hydrogens is 361 g/mol. The molecule has 1 aliphatic heterocycles. The largest absolute Gasteiger partial charge is 0.323 e. The number of nitriles is 1. The van der Waals surface area contributed by atoms with Crippen molar-refractivity contribution < 1.29 is 18.8 Å². The molecule has 0 bridgehead atoms. The van der Waals surface area contributed by atoms with Crippen LogP contribution in [0.5, 0.6) is 0 Å². The molecule has 2 aliphatic rings. The molecule has 3 amide bonds. The fraction of sp³-hybridized carbons (Fsp3) is 0.238. The van der Waals surface area contributed by atoms with Crippen LogP contribution in [-0.2, 0) is 9.59 Å². The highest BCUT2D eigenvalue weighted by molar-refractivity contribution is 6.23. The highest BCUT2D eigenvalue weighted by Crippen LogP contribution is 2.35. The Morgan fingerprint density at radius 3 is 2.29 bits per heavy atom. The molecule has 6 nitrogen and oxygen atoms in total. The van der Waals surface area contributed by atoms with Gasteiger partial charge in [-0.2, -0.15) is 5.26 Å². The summed E-state index contributed by atoms with van der Waals surface area (Å²) in [4.78, 5) is 41.1. The van der Waals surface area contributed by atoms with E-state index in [9.17, 15) is 18.8 Å². The Balaban J connectivity index is 1.62. The second-order valence-electron chi connectivity index (χ2n) is 6.90. The van der Waals surface area contributed by atoms with Gasteiger partial charge >= 0.3 is 0 Å². The average Bonchev–Trinajstić information content (AvgIpc) is 3.49. The SMILES string of the molecule is N#Cc1ccc(N2C(=O)CC(N(C(=O)c3ccc(F)cc3)C3CC3)C2=O)cc1.